The molecule has 2 aromatic rings. The van der Waals surface area contributed by atoms with Gasteiger partial charge in [-0.3, -0.25) is 9.69 Å². The second-order valence-electron chi connectivity index (χ2n) is 8.71. The lowest BCUT2D eigenvalue weighted by Crippen LogP contribution is -2.49. The van der Waals surface area contributed by atoms with Crippen LogP contribution in [0, 0.1) is 11.3 Å². The molecule has 200 valence electrons. The predicted molar refractivity (Wildman–Crippen MR) is 133 cm³/mol. The molecule has 0 saturated carbocycles. The molecule has 37 heavy (non-hydrogen) atoms. The number of rotatable bonds is 9. The number of pyridine rings is 1. The minimum atomic E-state index is -4.66. The summed E-state index contributed by atoms with van der Waals surface area (Å²) in [6.45, 7) is 4.20. The first-order valence-electron chi connectivity index (χ1n) is 11.7. The topological polar surface area (TPSA) is 137 Å². The molecule has 0 unspecified atom stereocenters. The maximum atomic E-state index is 13.9. The van der Waals surface area contributed by atoms with Gasteiger partial charge >= 0.3 is 6.18 Å². The minimum absolute atomic E-state index is 0.0295. The molecule has 1 aromatic heterocycles. The van der Waals surface area contributed by atoms with Gasteiger partial charge in [0.1, 0.15) is 11.8 Å². The number of amides is 1. The third-order valence-corrected chi connectivity index (χ3v) is 6.09. The molecule has 1 aliphatic heterocycles. The first kappa shape index (κ1) is 28.0. The lowest BCUT2D eigenvalue weighted by atomic mass is 10.0. The molecule has 1 amide bonds. The Morgan fingerprint density at radius 2 is 1.92 bits per heavy atom. The summed E-state index contributed by atoms with van der Waals surface area (Å²) in [7, 11) is 3.10. The van der Waals surface area contributed by atoms with Crippen molar-refractivity contribution >= 4 is 17.3 Å². The average Bonchev–Trinajstić information content (AvgIpc) is 2.87. The highest BCUT2D eigenvalue weighted by Gasteiger charge is 2.35. The van der Waals surface area contributed by atoms with Crippen molar-refractivity contribution in [2.24, 2.45) is 5.84 Å². The highest BCUT2D eigenvalue weighted by Crippen LogP contribution is 2.39. The largest absolute Gasteiger partial charge is 0.493 e. The number of alkyl halides is 3. The monoisotopic (exact) mass is 520 g/mol. The highest BCUT2D eigenvalue weighted by atomic mass is 19.4. The van der Waals surface area contributed by atoms with E-state index in [0.717, 1.165) is 32.2 Å². The van der Waals surface area contributed by atoms with Crippen molar-refractivity contribution in [2.45, 2.75) is 12.6 Å². The maximum Gasteiger partial charge on any atom is 0.419 e. The highest BCUT2D eigenvalue weighted by molar-refractivity contribution is 5.78. The third kappa shape index (κ3) is 7.22. The number of benzene rings is 1. The molecule has 1 aromatic carbocycles. The van der Waals surface area contributed by atoms with E-state index in [-0.39, 0.29) is 46.6 Å². The van der Waals surface area contributed by atoms with E-state index in [0.29, 0.717) is 19.5 Å². The summed E-state index contributed by atoms with van der Waals surface area (Å²) in [5.74, 6) is 5.45. The normalized spacial score (nSPS) is 14.7. The number of nitrogens with two attached hydrogens (primary N) is 2. The maximum absolute atomic E-state index is 13.9. The summed E-state index contributed by atoms with van der Waals surface area (Å²) in [4.78, 5) is 19.9. The summed E-state index contributed by atoms with van der Waals surface area (Å²) >= 11 is 0. The van der Waals surface area contributed by atoms with Gasteiger partial charge in [0.25, 0.3) is 0 Å². The van der Waals surface area contributed by atoms with Gasteiger partial charge in [0.15, 0.2) is 5.69 Å². The van der Waals surface area contributed by atoms with Crippen LogP contribution in [-0.2, 0) is 11.0 Å². The number of anilines is 2. The number of nitrogen functional groups attached to an aromatic ring is 1. The molecule has 10 nitrogen and oxygen atoms in total. The van der Waals surface area contributed by atoms with Crippen LogP contribution in [0.3, 0.4) is 0 Å². The minimum Gasteiger partial charge on any atom is -0.493 e. The van der Waals surface area contributed by atoms with Gasteiger partial charge in [-0.2, -0.15) is 18.4 Å². The van der Waals surface area contributed by atoms with E-state index in [1.807, 2.05) is 6.07 Å². The Balaban J connectivity index is 1.66. The molecule has 13 heteroatoms. The lowest BCUT2D eigenvalue weighted by Gasteiger charge is -2.34. The fourth-order valence-electron chi connectivity index (χ4n) is 4.03. The van der Waals surface area contributed by atoms with Crippen LogP contribution in [0.4, 0.5) is 24.5 Å². The molecule has 0 bridgehead atoms. The zero-order valence-electron chi connectivity index (χ0n) is 20.8. The molecular formula is C24H31F3N8O2. The zero-order valence-corrected chi connectivity index (χ0v) is 20.8. The molecular weight excluding hydrogens is 489 g/mol. The summed E-state index contributed by atoms with van der Waals surface area (Å²) in [5, 5.41) is 13.1. The Kier molecular flexibility index (Phi) is 9.14. The Hall–Kier alpha value is -3.60. The number of nitriles is 1. The van der Waals surface area contributed by atoms with Crippen molar-refractivity contribution < 1.29 is 22.7 Å². The summed E-state index contributed by atoms with van der Waals surface area (Å²) < 4.78 is 47.1. The number of carbonyl (C=O) groups excluding carboxylic acids is 1. The average molecular weight is 521 g/mol. The van der Waals surface area contributed by atoms with Crippen molar-refractivity contribution in [3.63, 3.8) is 0 Å². The summed E-state index contributed by atoms with van der Waals surface area (Å²) in [5.41, 5.74) is 5.41. The number of aromatic nitrogens is 1. The van der Waals surface area contributed by atoms with Crippen LogP contribution in [0.2, 0.25) is 0 Å². The Bertz CT molecular complexity index is 1140. The first-order chi connectivity index (χ1) is 17.5. The molecule has 0 spiro atoms. The van der Waals surface area contributed by atoms with E-state index in [1.165, 1.54) is 30.3 Å². The van der Waals surface area contributed by atoms with Gasteiger partial charge in [-0.1, -0.05) is 0 Å². The van der Waals surface area contributed by atoms with Crippen LogP contribution >= 0.6 is 0 Å². The molecule has 1 fully saturated rings. The number of likely N-dealkylation sites (N-methyl/N-ethyl adjacent to an activating group) is 1. The van der Waals surface area contributed by atoms with Crippen molar-refractivity contribution in [3.8, 4) is 23.1 Å². The number of piperazine rings is 1. The Morgan fingerprint density at radius 1 is 1.24 bits per heavy atom. The fraction of sp³-hybridized carbons (Fsp3) is 0.458. The molecule has 0 radical (unpaired) electrons. The van der Waals surface area contributed by atoms with Gasteiger partial charge in [-0.15, -0.1) is 0 Å². The summed E-state index contributed by atoms with van der Waals surface area (Å²) in [6.07, 6.45) is -4.11. The smallest absolute Gasteiger partial charge is 0.419 e. The van der Waals surface area contributed by atoms with Crippen LogP contribution in [0.15, 0.2) is 24.3 Å². The van der Waals surface area contributed by atoms with Crippen molar-refractivity contribution in [1.82, 2.24) is 20.1 Å². The van der Waals surface area contributed by atoms with Gasteiger partial charge < -0.3 is 25.7 Å². The standard InChI is InChI=1S/C24H31F3N8O2/c1-31-22(36)15-35-9-7-34(8-10-35)6-3-11-37-21-5-4-16(12-17(21)24(25,26)27)18-13-20(33(2)30)23(29)19(14-28)32-18/h4-5,12-13H,3,6-11,15,29-30H2,1-2H3,(H,31,36). The van der Waals surface area contributed by atoms with Crippen LogP contribution < -0.4 is 26.6 Å². The number of hydrazine groups is 1. The van der Waals surface area contributed by atoms with Crippen LogP contribution in [-0.4, -0.2) is 80.7 Å². The molecule has 2 heterocycles. The van der Waals surface area contributed by atoms with Crippen molar-refractivity contribution in [2.75, 3.05) is 70.7 Å². The van der Waals surface area contributed by atoms with Gasteiger partial charge in [-0.05, 0) is 30.7 Å². The molecule has 0 atom stereocenters. The molecule has 1 saturated heterocycles. The van der Waals surface area contributed by atoms with Gasteiger partial charge in [-0.25, -0.2) is 10.8 Å². The number of nitrogens with zero attached hydrogens (tertiary/aromatic N) is 5. The van der Waals surface area contributed by atoms with E-state index in [9.17, 15) is 23.2 Å². The number of hydrogen-bond donors (Lipinski definition) is 3. The number of nitrogens with one attached hydrogen (secondary N) is 1. The second kappa shape index (κ2) is 12.1. The zero-order chi connectivity index (χ0) is 27.2. The molecule has 3 rings (SSSR count). The number of hydrogen-bond acceptors (Lipinski definition) is 9. The van der Waals surface area contributed by atoms with Crippen LogP contribution in [0.1, 0.15) is 17.7 Å². The molecule has 1 aliphatic rings. The SMILES string of the molecule is CNC(=O)CN1CCN(CCCOc2ccc(-c3cc(N(C)N)c(N)c(C#N)n3)cc2C(F)(F)F)CC1. The second-order valence-corrected chi connectivity index (χ2v) is 8.71. The molecule has 0 aliphatic carbocycles. The molecule has 5 N–H and O–H groups in total. The van der Waals surface area contributed by atoms with Crippen LogP contribution in [0.5, 0.6) is 5.75 Å². The lowest BCUT2D eigenvalue weighted by molar-refractivity contribution is -0.139. The number of halogens is 3. The Morgan fingerprint density at radius 3 is 2.51 bits per heavy atom. The quantitative estimate of drug-likeness (QED) is 0.256. The first-order valence-corrected chi connectivity index (χ1v) is 11.7. The van der Waals surface area contributed by atoms with E-state index in [1.54, 1.807) is 7.05 Å². The van der Waals surface area contributed by atoms with E-state index < -0.39 is 11.7 Å². The van der Waals surface area contributed by atoms with E-state index in [2.05, 4.69) is 20.1 Å². The van der Waals surface area contributed by atoms with Crippen molar-refractivity contribution in [1.29, 1.82) is 5.26 Å². The van der Waals surface area contributed by atoms with E-state index >= 15 is 0 Å². The fourth-order valence-corrected chi connectivity index (χ4v) is 4.03. The van der Waals surface area contributed by atoms with Crippen LogP contribution in [0.25, 0.3) is 11.3 Å². The predicted octanol–water partition coefficient (Wildman–Crippen LogP) is 1.66. The van der Waals surface area contributed by atoms with Gasteiger partial charge in [0.05, 0.1) is 35.8 Å². The van der Waals surface area contributed by atoms with E-state index in [4.69, 9.17) is 16.3 Å². The number of carbonyl (C=O) groups is 1. The third-order valence-electron chi connectivity index (χ3n) is 6.09. The van der Waals surface area contributed by atoms with Gasteiger partial charge in [0, 0.05) is 52.4 Å². The van der Waals surface area contributed by atoms with Crippen molar-refractivity contribution in [3.05, 3.63) is 35.5 Å². The Labute approximate surface area is 213 Å². The summed E-state index contributed by atoms with van der Waals surface area (Å²) in [6, 6.07) is 6.93. The number of ether oxygens (including phenoxy) is 1. The van der Waals surface area contributed by atoms with Gasteiger partial charge in [0.2, 0.25) is 5.91 Å².